The van der Waals surface area contributed by atoms with Gasteiger partial charge < -0.3 is 0 Å². The number of hydroxylamine groups is 2. The highest BCUT2D eigenvalue weighted by molar-refractivity contribution is 6.00. The molecular weight excluding hydrogens is 154 g/mol. The second-order valence-electron chi connectivity index (χ2n) is 3.50. The van der Waals surface area contributed by atoms with E-state index in [1.807, 2.05) is 6.92 Å². The highest BCUT2D eigenvalue weighted by Crippen LogP contribution is 2.40. The van der Waals surface area contributed by atoms with Crippen LogP contribution in [0.4, 0.5) is 0 Å². The smallest absolute Gasteiger partial charge is 0.275 e. The van der Waals surface area contributed by atoms with Gasteiger partial charge in [-0.2, -0.15) is 0 Å². The van der Waals surface area contributed by atoms with Crippen molar-refractivity contribution in [2.45, 2.75) is 51.5 Å². The van der Waals surface area contributed by atoms with E-state index in [1.54, 1.807) is 0 Å². The monoisotopic (exact) mass is 171 g/mol. The maximum Gasteiger partial charge on any atom is 0.275 e. The summed E-state index contributed by atoms with van der Waals surface area (Å²) in [6.07, 6.45) is 4.65. The van der Waals surface area contributed by atoms with Crippen LogP contribution < -0.4 is 0 Å². The molecule has 0 spiro atoms. The third kappa shape index (κ3) is 1.33. The van der Waals surface area contributed by atoms with Crippen LogP contribution in [0.15, 0.2) is 0 Å². The van der Waals surface area contributed by atoms with E-state index in [4.69, 9.17) is 0 Å². The zero-order chi connectivity index (χ0) is 9.19. The number of hydrogen-bond acceptors (Lipinski definition) is 2. The maximum absolute atomic E-state index is 11.1. The molecule has 1 atom stereocenters. The molecule has 1 heterocycles. The Hall–Kier alpha value is -0.570. The van der Waals surface area contributed by atoms with Crippen molar-refractivity contribution >= 4 is 5.91 Å². The Kier molecular flexibility index (Phi) is 2.73. The van der Waals surface area contributed by atoms with Crippen molar-refractivity contribution in [3.63, 3.8) is 0 Å². The van der Waals surface area contributed by atoms with Crippen molar-refractivity contribution in [2.75, 3.05) is 0 Å². The lowest BCUT2D eigenvalue weighted by molar-refractivity contribution is -0.124. The first-order chi connectivity index (χ1) is 5.69. The number of nitrogens with zero attached hydrogens (tertiary/aromatic N) is 1. The third-order valence-corrected chi connectivity index (χ3v) is 2.55. The third-order valence-electron chi connectivity index (χ3n) is 2.55. The zero-order valence-corrected chi connectivity index (χ0v) is 7.84. The van der Waals surface area contributed by atoms with Gasteiger partial charge in [0, 0.05) is 0 Å². The average Bonchev–Trinajstić information content (AvgIpc) is 2.56. The summed E-state index contributed by atoms with van der Waals surface area (Å²) in [5.41, 5.74) is -0.481. The molecule has 0 aromatic rings. The molecule has 0 saturated carbocycles. The van der Waals surface area contributed by atoms with E-state index in [0.717, 1.165) is 37.2 Å². The van der Waals surface area contributed by atoms with Crippen molar-refractivity contribution in [3.05, 3.63) is 0 Å². The number of amides is 1. The molecule has 3 nitrogen and oxygen atoms in total. The Morgan fingerprint density at radius 1 is 1.33 bits per heavy atom. The van der Waals surface area contributed by atoms with E-state index in [9.17, 15) is 10.0 Å². The van der Waals surface area contributed by atoms with Crippen molar-refractivity contribution in [1.82, 2.24) is 5.06 Å². The van der Waals surface area contributed by atoms with Gasteiger partial charge in [0.05, 0.1) is 0 Å². The van der Waals surface area contributed by atoms with E-state index in [-0.39, 0.29) is 5.91 Å². The molecule has 70 valence electrons. The lowest BCUT2D eigenvalue weighted by atomic mass is 9.97. The van der Waals surface area contributed by atoms with Crippen LogP contribution in [-0.2, 0) is 4.79 Å². The van der Waals surface area contributed by atoms with Crippen LogP contribution in [0.3, 0.4) is 0 Å². The largest absolute Gasteiger partial charge is 0.285 e. The summed E-state index contributed by atoms with van der Waals surface area (Å²) in [6, 6.07) is 0. The van der Waals surface area contributed by atoms with Gasteiger partial charge in [-0.05, 0) is 12.8 Å². The zero-order valence-electron chi connectivity index (χ0n) is 7.84. The lowest BCUT2D eigenvalue weighted by Crippen LogP contribution is -2.16. The minimum absolute atomic E-state index is 0.0854. The SMILES string of the molecule is CCCCC1(CCC)C(=O)N1O. The Bertz CT molecular complexity index is 181. The first kappa shape index (κ1) is 9.52. The van der Waals surface area contributed by atoms with Crippen molar-refractivity contribution in [3.8, 4) is 0 Å². The summed E-state index contributed by atoms with van der Waals surface area (Å²) in [5.74, 6) is -0.0854. The fourth-order valence-corrected chi connectivity index (χ4v) is 1.71. The molecule has 0 aromatic heterocycles. The molecule has 12 heavy (non-hydrogen) atoms. The van der Waals surface area contributed by atoms with Crippen LogP contribution >= 0.6 is 0 Å². The average molecular weight is 171 g/mol. The lowest BCUT2D eigenvalue weighted by Gasteiger charge is -2.09. The van der Waals surface area contributed by atoms with Crippen LogP contribution in [0.5, 0.6) is 0 Å². The second-order valence-corrected chi connectivity index (χ2v) is 3.50. The number of hydrogen-bond donors (Lipinski definition) is 1. The van der Waals surface area contributed by atoms with Crippen LogP contribution in [-0.4, -0.2) is 21.7 Å². The van der Waals surface area contributed by atoms with E-state index >= 15 is 0 Å². The topological polar surface area (TPSA) is 40.3 Å². The van der Waals surface area contributed by atoms with Crippen LogP contribution in [0.25, 0.3) is 0 Å². The normalized spacial score (nSPS) is 27.9. The first-order valence-electron chi connectivity index (χ1n) is 4.72. The van der Waals surface area contributed by atoms with Gasteiger partial charge in [0.2, 0.25) is 0 Å². The van der Waals surface area contributed by atoms with Crippen LogP contribution in [0.1, 0.15) is 46.0 Å². The molecule has 1 N–H and O–H groups in total. The maximum atomic E-state index is 11.1. The molecule has 0 bridgehead atoms. The summed E-state index contributed by atoms with van der Waals surface area (Å²) < 4.78 is 0. The second kappa shape index (κ2) is 3.44. The quantitative estimate of drug-likeness (QED) is 0.507. The van der Waals surface area contributed by atoms with Gasteiger partial charge in [-0.15, -0.1) is 0 Å². The molecule has 0 radical (unpaired) electrons. The molecule has 1 amide bonds. The molecule has 1 aliphatic rings. The summed E-state index contributed by atoms with van der Waals surface area (Å²) in [7, 11) is 0. The highest BCUT2D eigenvalue weighted by Gasteiger charge is 2.61. The summed E-state index contributed by atoms with van der Waals surface area (Å²) in [5, 5.41) is 10.1. The van der Waals surface area contributed by atoms with Gasteiger partial charge in [0.25, 0.3) is 5.91 Å². The van der Waals surface area contributed by atoms with Crippen molar-refractivity contribution in [1.29, 1.82) is 0 Å². The van der Waals surface area contributed by atoms with Crippen molar-refractivity contribution in [2.24, 2.45) is 0 Å². The summed E-state index contributed by atoms with van der Waals surface area (Å²) in [6.45, 7) is 4.13. The standard InChI is InChI=1S/C9H17NO2/c1-3-5-7-9(6-4-2)8(11)10(9)12/h12H,3-7H2,1-2H3. The Morgan fingerprint density at radius 2 is 1.92 bits per heavy atom. The molecule has 1 unspecified atom stereocenters. The van der Waals surface area contributed by atoms with E-state index in [2.05, 4.69) is 6.92 Å². The molecule has 1 aliphatic heterocycles. The first-order valence-corrected chi connectivity index (χ1v) is 4.72. The molecule has 1 saturated heterocycles. The van der Waals surface area contributed by atoms with Gasteiger partial charge in [-0.25, -0.2) is 5.06 Å². The predicted octanol–water partition coefficient (Wildman–Crippen LogP) is 1.95. The summed E-state index contributed by atoms with van der Waals surface area (Å²) in [4.78, 5) is 11.1. The minimum atomic E-state index is -0.481. The Labute approximate surface area is 73.3 Å². The number of carbonyl (C=O) groups excluding carboxylic acids is 1. The van der Waals surface area contributed by atoms with Gasteiger partial charge in [0.15, 0.2) is 5.54 Å². The fourth-order valence-electron chi connectivity index (χ4n) is 1.71. The fraction of sp³-hybridized carbons (Fsp3) is 0.889. The molecule has 0 aliphatic carbocycles. The molecule has 0 aromatic carbocycles. The van der Waals surface area contributed by atoms with Gasteiger partial charge in [-0.1, -0.05) is 33.1 Å². The number of carbonyl (C=O) groups is 1. The number of rotatable bonds is 5. The van der Waals surface area contributed by atoms with E-state index in [0.29, 0.717) is 0 Å². The molecular formula is C9H17NO2. The Morgan fingerprint density at radius 3 is 2.25 bits per heavy atom. The van der Waals surface area contributed by atoms with E-state index < -0.39 is 5.54 Å². The minimum Gasteiger partial charge on any atom is -0.285 e. The predicted molar refractivity (Wildman–Crippen MR) is 45.8 cm³/mol. The number of unbranched alkanes of at least 4 members (excludes halogenated alkanes) is 1. The van der Waals surface area contributed by atoms with Crippen LogP contribution in [0.2, 0.25) is 0 Å². The molecule has 1 rings (SSSR count). The van der Waals surface area contributed by atoms with Crippen molar-refractivity contribution < 1.29 is 10.0 Å². The Balaban J connectivity index is 2.46. The van der Waals surface area contributed by atoms with E-state index in [1.165, 1.54) is 0 Å². The van der Waals surface area contributed by atoms with Gasteiger partial charge >= 0.3 is 0 Å². The highest BCUT2D eigenvalue weighted by atomic mass is 16.5. The molecule has 1 fully saturated rings. The summed E-state index contributed by atoms with van der Waals surface area (Å²) >= 11 is 0. The van der Waals surface area contributed by atoms with Gasteiger partial charge in [-0.3, -0.25) is 10.0 Å². The molecule has 3 heteroatoms. The van der Waals surface area contributed by atoms with Crippen LogP contribution in [0, 0.1) is 0 Å². The van der Waals surface area contributed by atoms with Gasteiger partial charge in [0.1, 0.15) is 0 Å².